The van der Waals surface area contributed by atoms with Crippen molar-refractivity contribution in [2.24, 2.45) is 0 Å². The molecule has 1 aromatic heterocycles. The van der Waals surface area contributed by atoms with E-state index in [0.29, 0.717) is 31.5 Å². The van der Waals surface area contributed by atoms with Crippen LogP contribution in [-0.4, -0.2) is 34.7 Å². The number of piperidine rings is 1. The van der Waals surface area contributed by atoms with Crippen LogP contribution in [0.1, 0.15) is 23.2 Å². The molecule has 0 aliphatic carbocycles. The first kappa shape index (κ1) is 11.0. The number of amides is 1. The summed E-state index contributed by atoms with van der Waals surface area (Å²) in [6, 6.07) is 7.63. The van der Waals surface area contributed by atoms with Crippen LogP contribution < -0.4 is 0 Å². The number of H-pyrrole nitrogens is 1. The van der Waals surface area contributed by atoms with E-state index >= 15 is 0 Å². The third-order valence-corrected chi connectivity index (χ3v) is 3.41. The molecule has 2 heterocycles. The van der Waals surface area contributed by atoms with Crippen molar-refractivity contribution < 1.29 is 9.59 Å². The number of aromatic amines is 1. The lowest BCUT2D eigenvalue weighted by atomic mass is 10.1. The Morgan fingerprint density at radius 3 is 2.72 bits per heavy atom. The summed E-state index contributed by atoms with van der Waals surface area (Å²) in [6.07, 6.45) is 2.82. The number of carbonyl (C=O) groups is 2. The topological polar surface area (TPSA) is 53.2 Å². The van der Waals surface area contributed by atoms with Crippen LogP contribution in [0.4, 0.5) is 0 Å². The van der Waals surface area contributed by atoms with Crippen molar-refractivity contribution in [3.05, 3.63) is 36.0 Å². The van der Waals surface area contributed by atoms with Gasteiger partial charge in [0.1, 0.15) is 5.78 Å². The second-order valence-corrected chi connectivity index (χ2v) is 4.61. The molecule has 0 saturated carbocycles. The van der Waals surface area contributed by atoms with Gasteiger partial charge in [0.15, 0.2) is 0 Å². The Labute approximate surface area is 105 Å². The molecule has 0 bridgehead atoms. The number of carbonyl (C=O) groups excluding carboxylic acids is 2. The molecule has 1 aliphatic heterocycles. The van der Waals surface area contributed by atoms with Crippen LogP contribution in [0.25, 0.3) is 10.9 Å². The lowest BCUT2D eigenvalue weighted by molar-refractivity contribution is -0.120. The fraction of sp³-hybridized carbons (Fsp3) is 0.286. The second-order valence-electron chi connectivity index (χ2n) is 4.61. The number of nitrogens with one attached hydrogen (secondary N) is 1. The summed E-state index contributed by atoms with van der Waals surface area (Å²) in [4.78, 5) is 28.3. The summed E-state index contributed by atoms with van der Waals surface area (Å²) in [5.74, 6) is 0.262. The fourth-order valence-electron chi connectivity index (χ4n) is 2.32. The van der Waals surface area contributed by atoms with Crippen LogP contribution in [0.2, 0.25) is 0 Å². The third kappa shape index (κ3) is 1.90. The summed E-state index contributed by atoms with van der Waals surface area (Å²) < 4.78 is 0. The summed E-state index contributed by atoms with van der Waals surface area (Å²) in [7, 11) is 0. The average Bonchev–Trinajstić information content (AvgIpc) is 2.86. The Bertz CT molecular complexity index is 605. The number of Topliss-reactive ketones (excluding diaryl/α,β-unsaturated/α-hetero) is 1. The monoisotopic (exact) mass is 242 g/mol. The van der Waals surface area contributed by atoms with Crippen molar-refractivity contribution in [3.8, 4) is 0 Å². The number of ketones is 1. The molecule has 3 rings (SSSR count). The van der Waals surface area contributed by atoms with E-state index in [2.05, 4.69) is 4.98 Å². The number of hydrogen-bond donors (Lipinski definition) is 1. The molecule has 92 valence electrons. The van der Waals surface area contributed by atoms with Gasteiger partial charge < -0.3 is 9.88 Å². The van der Waals surface area contributed by atoms with Crippen molar-refractivity contribution >= 4 is 22.6 Å². The summed E-state index contributed by atoms with van der Waals surface area (Å²) in [5.41, 5.74) is 1.65. The minimum atomic E-state index is 0.0130. The quantitative estimate of drug-likeness (QED) is 0.831. The predicted molar refractivity (Wildman–Crippen MR) is 68.4 cm³/mol. The van der Waals surface area contributed by atoms with E-state index in [1.165, 1.54) is 0 Å². The van der Waals surface area contributed by atoms with Gasteiger partial charge in [-0.1, -0.05) is 6.07 Å². The maximum Gasteiger partial charge on any atom is 0.253 e. The highest BCUT2D eigenvalue weighted by Gasteiger charge is 2.21. The van der Waals surface area contributed by atoms with E-state index in [1.807, 2.05) is 30.5 Å². The number of rotatable bonds is 1. The molecule has 1 saturated heterocycles. The van der Waals surface area contributed by atoms with Crippen molar-refractivity contribution in [2.75, 3.05) is 13.1 Å². The molecule has 1 N–H and O–H groups in total. The zero-order valence-corrected chi connectivity index (χ0v) is 9.98. The van der Waals surface area contributed by atoms with Gasteiger partial charge in [0.2, 0.25) is 0 Å². The van der Waals surface area contributed by atoms with Gasteiger partial charge in [-0.05, 0) is 23.6 Å². The van der Waals surface area contributed by atoms with E-state index in [0.717, 1.165) is 10.9 Å². The van der Waals surface area contributed by atoms with Crippen LogP contribution in [0.15, 0.2) is 30.5 Å². The van der Waals surface area contributed by atoms with Gasteiger partial charge in [-0.3, -0.25) is 9.59 Å². The van der Waals surface area contributed by atoms with Gasteiger partial charge in [-0.15, -0.1) is 0 Å². The maximum atomic E-state index is 12.3. The maximum absolute atomic E-state index is 12.3. The Hall–Kier alpha value is -2.10. The summed E-state index contributed by atoms with van der Waals surface area (Å²) >= 11 is 0. The van der Waals surface area contributed by atoms with Crippen molar-refractivity contribution in [1.82, 2.24) is 9.88 Å². The fourth-order valence-corrected chi connectivity index (χ4v) is 2.32. The first-order chi connectivity index (χ1) is 8.74. The Morgan fingerprint density at radius 2 is 1.94 bits per heavy atom. The van der Waals surface area contributed by atoms with E-state index in [4.69, 9.17) is 0 Å². The van der Waals surface area contributed by atoms with Crippen molar-refractivity contribution in [3.63, 3.8) is 0 Å². The first-order valence-corrected chi connectivity index (χ1v) is 6.12. The molecule has 0 atom stereocenters. The lowest BCUT2D eigenvalue weighted by Crippen LogP contribution is -2.38. The van der Waals surface area contributed by atoms with Crippen LogP contribution >= 0.6 is 0 Å². The Balaban J connectivity index is 1.84. The molecule has 0 unspecified atom stereocenters. The Morgan fingerprint density at radius 1 is 1.17 bits per heavy atom. The van der Waals surface area contributed by atoms with Crippen molar-refractivity contribution in [2.45, 2.75) is 12.8 Å². The number of aromatic nitrogens is 1. The molecule has 4 heteroatoms. The normalized spacial score (nSPS) is 16.2. The minimum absolute atomic E-state index is 0.0130. The summed E-state index contributed by atoms with van der Waals surface area (Å²) in [6.45, 7) is 1.08. The summed E-state index contributed by atoms with van der Waals surface area (Å²) in [5, 5.41) is 1.10. The van der Waals surface area contributed by atoms with E-state index in [9.17, 15) is 9.59 Å². The molecular weight excluding hydrogens is 228 g/mol. The zero-order valence-electron chi connectivity index (χ0n) is 9.98. The van der Waals surface area contributed by atoms with Gasteiger partial charge in [0, 0.05) is 43.2 Å². The number of fused-ring (bicyclic) bond motifs is 1. The zero-order chi connectivity index (χ0) is 12.5. The second kappa shape index (κ2) is 4.29. The largest absolute Gasteiger partial charge is 0.361 e. The molecule has 0 spiro atoms. The smallest absolute Gasteiger partial charge is 0.253 e. The number of hydrogen-bond acceptors (Lipinski definition) is 2. The van der Waals surface area contributed by atoms with E-state index < -0.39 is 0 Å². The van der Waals surface area contributed by atoms with Crippen LogP contribution in [0, 0.1) is 0 Å². The molecule has 0 radical (unpaired) electrons. The highest BCUT2D eigenvalue weighted by atomic mass is 16.2. The Kier molecular flexibility index (Phi) is 2.63. The van der Waals surface area contributed by atoms with Gasteiger partial charge in [0.25, 0.3) is 5.91 Å². The molecular formula is C14H14N2O2. The number of benzene rings is 1. The van der Waals surface area contributed by atoms with Crippen LogP contribution in [0.3, 0.4) is 0 Å². The van der Waals surface area contributed by atoms with Gasteiger partial charge in [-0.25, -0.2) is 0 Å². The molecule has 1 amide bonds. The van der Waals surface area contributed by atoms with Gasteiger partial charge in [0.05, 0.1) is 0 Å². The predicted octanol–water partition coefficient (Wildman–Crippen LogP) is 1.97. The van der Waals surface area contributed by atoms with Gasteiger partial charge >= 0.3 is 0 Å². The highest BCUT2D eigenvalue weighted by Crippen LogP contribution is 2.17. The van der Waals surface area contributed by atoms with Crippen molar-refractivity contribution in [1.29, 1.82) is 0 Å². The first-order valence-electron chi connectivity index (χ1n) is 6.12. The lowest BCUT2D eigenvalue weighted by Gasteiger charge is -2.26. The highest BCUT2D eigenvalue weighted by molar-refractivity contribution is 5.98. The number of likely N-dealkylation sites (tertiary alicyclic amines) is 1. The molecule has 18 heavy (non-hydrogen) atoms. The molecule has 2 aromatic rings. The SMILES string of the molecule is O=C1CCN(C(=O)c2ccc3cc[nH]c3c2)CC1. The minimum Gasteiger partial charge on any atom is -0.361 e. The average molecular weight is 242 g/mol. The van der Waals surface area contributed by atoms with Crippen LogP contribution in [-0.2, 0) is 4.79 Å². The van der Waals surface area contributed by atoms with Gasteiger partial charge in [-0.2, -0.15) is 0 Å². The van der Waals surface area contributed by atoms with E-state index in [-0.39, 0.29) is 11.7 Å². The van der Waals surface area contributed by atoms with E-state index in [1.54, 1.807) is 4.90 Å². The van der Waals surface area contributed by atoms with Crippen LogP contribution in [0.5, 0.6) is 0 Å². The molecule has 1 aromatic carbocycles. The number of nitrogens with zero attached hydrogens (tertiary/aromatic N) is 1. The third-order valence-electron chi connectivity index (χ3n) is 3.41. The molecule has 1 aliphatic rings. The molecule has 4 nitrogen and oxygen atoms in total. The standard InChI is InChI=1S/C14H14N2O2/c17-12-4-7-16(8-5-12)14(18)11-2-1-10-3-6-15-13(10)9-11/h1-3,6,9,15H,4-5,7-8H2. The molecule has 1 fully saturated rings.